The number of nitrogens with zero attached hydrogens (tertiary/aromatic N) is 3. The van der Waals surface area contributed by atoms with Gasteiger partial charge in [0.05, 0.1) is 17.9 Å². The van der Waals surface area contributed by atoms with Crippen LogP contribution in [-0.4, -0.2) is 21.3 Å². The second-order valence-corrected chi connectivity index (χ2v) is 4.53. The van der Waals surface area contributed by atoms with Crippen LogP contribution in [0.1, 0.15) is 30.4 Å². The normalized spacial score (nSPS) is 10.6. The lowest BCUT2D eigenvalue weighted by molar-refractivity contribution is 0.647. The van der Waals surface area contributed by atoms with Crippen LogP contribution in [0.2, 0.25) is 0 Å². The third-order valence-corrected chi connectivity index (χ3v) is 2.78. The number of aryl methyl sites for hydroxylation is 2. The first-order chi connectivity index (χ1) is 8.69. The van der Waals surface area contributed by atoms with Crippen molar-refractivity contribution in [2.24, 2.45) is 0 Å². The number of hydrogen-bond acceptors (Lipinski definition) is 3. The molecular formula is C14H20N4. The summed E-state index contributed by atoms with van der Waals surface area (Å²) in [5.41, 5.74) is 3.25. The summed E-state index contributed by atoms with van der Waals surface area (Å²) < 4.78 is 1.99. The van der Waals surface area contributed by atoms with Crippen LogP contribution in [0.25, 0.3) is 0 Å². The van der Waals surface area contributed by atoms with E-state index in [1.165, 1.54) is 5.69 Å². The summed E-state index contributed by atoms with van der Waals surface area (Å²) in [5, 5.41) is 7.75. The highest BCUT2D eigenvalue weighted by molar-refractivity contribution is 5.35. The highest BCUT2D eigenvalue weighted by Gasteiger charge is 2.03. The average Bonchev–Trinajstić information content (AvgIpc) is 2.66. The molecule has 0 radical (unpaired) electrons. The molecule has 0 atom stereocenters. The molecule has 2 aromatic rings. The van der Waals surface area contributed by atoms with Crippen LogP contribution in [0.5, 0.6) is 0 Å². The van der Waals surface area contributed by atoms with E-state index in [0.29, 0.717) is 0 Å². The summed E-state index contributed by atoms with van der Waals surface area (Å²) in [5.74, 6) is 0.941. The summed E-state index contributed by atoms with van der Waals surface area (Å²) in [6.45, 7) is 7.90. The first kappa shape index (κ1) is 12.6. The SMILES string of the molecule is CCCNc1cccc(Cn2nc(C)cc2C)n1. The molecule has 4 nitrogen and oxygen atoms in total. The van der Waals surface area contributed by atoms with Crippen LogP contribution in [0.15, 0.2) is 24.3 Å². The smallest absolute Gasteiger partial charge is 0.126 e. The molecule has 4 heteroatoms. The van der Waals surface area contributed by atoms with E-state index in [1.807, 2.05) is 29.8 Å². The fourth-order valence-electron chi connectivity index (χ4n) is 1.91. The van der Waals surface area contributed by atoms with Gasteiger partial charge in [-0.15, -0.1) is 0 Å². The third kappa shape index (κ3) is 3.09. The molecule has 18 heavy (non-hydrogen) atoms. The van der Waals surface area contributed by atoms with Gasteiger partial charge in [-0.3, -0.25) is 4.68 Å². The Morgan fingerprint density at radius 1 is 1.28 bits per heavy atom. The zero-order valence-corrected chi connectivity index (χ0v) is 11.3. The van der Waals surface area contributed by atoms with Crippen LogP contribution >= 0.6 is 0 Å². The van der Waals surface area contributed by atoms with Gasteiger partial charge in [0.2, 0.25) is 0 Å². The van der Waals surface area contributed by atoms with E-state index in [1.54, 1.807) is 0 Å². The highest BCUT2D eigenvalue weighted by Crippen LogP contribution is 2.09. The van der Waals surface area contributed by atoms with Crippen molar-refractivity contribution in [2.75, 3.05) is 11.9 Å². The monoisotopic (exact) mass is 244 g/mol. The van der Waals surface area contributed by atoms with Crippen LogP contribution in [-0.2, 0) is 6.54 Å². The quantitative estimate of drug-likeness (QED) is 0.879. The summed E-state index contributed by atoms with van der Waals surface area (Å²) >= 11 is 0. The lowest BCUT2D eigenvalue weighted by Crippen LogP contribution is -2.08. The Balaban J connectivity index is 2.11. The second kappa shape index (κ2) is 5.67. The molecule has 2 aromatic heterocycles. The van der Waals surface area contributed by atoms with Crippen molar-refractivity contribution in [3.8, 4) is 0 Å². The predicted octanol–water partition coefficient (Wildman–Crippen LogP) is 2.77. The van der Waals surface area contributed by atoms with Gasteiger partial charge in [-0.1, -0.05) is 13.0 Å². The second-order valence-electron chi connectivity index (χ2n) is 4.53. The van der Waals surface area contributed by atoms with E-state index < -0.39 is 0 Å². The molecule has 0 aliphatic heterocycles. The van der Waals surface area contributed by atoms with Crippen LogP contribution in [0.4, 0.5) is 5.82 Å². The highest BCUT2D eigenvalue weighted by atomic mass is 15.3. The first-order valence-electron chi connectivity index (χ1n) is 6.40. The van der Waals surface area contributed by atoms with E-state index in [0.717, 1.165) is 36.7 Å². The molecule has 0 bridgehead atoms. The van der Waals surface area contributed by atoms with Crippen molar-refractivity contribution < 1.29 is 0 Å². The number of rotatable bonds is 5. The summed E-state index contributed by atoms with van der Waals surface area (Å²) in [6.07, 6.45) is 1.10. The Bertz CT molecular complexity index is 516. The van der Waals surface area contributed by atoms with Gasteiger partial charge in [-0.05, 0) is 38.5 Å². The van der Waals surface area contributed by atoms with E-state index in [2.05, 4.69) is 35.3 Å². The summed E-state index contributed by atoms with van der Waals surface area (Å²) in [7, 11) is 0. The molecule has 2 rings (SSSR count). The first-order valence-corrected chi connectivity index (χ1v) is 6.40. The van der Waals surface area contributed by atoms with Crippen molar-refractivity contribution in [2.45, 2.75) is 33.7 Å². The van der Waals surface area contributed by atoms with Gasteiger partial charge in [0.25, 0.3) is 0 Å². The standard InChI is InChI=1S/C14H20N4/c1-4-8-15-14-7-5-6-13(16-14)10-18-12(3)9-11(2)17-18/h5-7,9H,4,8,10H2,1-3H3,(H,15,16). The van der Waals surface area contributed by atoms with Crippen molar-refractivity contribution in [3.05, 3.63) is 41.3 Å². The number of hydrogen-bond donors (Lipinski definition) is 1. The molecule has 0 aromatic carbocycles. The van der Waals surface area contributed by atoms with Gasteiger partial charge in [-0.25, -0.2) is 4.98 Å². The molecule has 0 aliphatic carbocycles. The zero-order chi connectivity index (χ0) is 13.0. The topological polar surface area (TPSA) is 42.7 Å². The van der Waals surface area contributed by atoms with Gasteiger partial charge in [0, 0.05) is 12.2 Å². The Morgan fingerprint density at radius 2 is 2.11 bits per heavy atom. The van der Waals surface area contributed by atoms with Gasteiger partial charge in [0.15, 0.2) is 0 Å². The van der Waals surface area contributed by atoms with Crippen molar-refractivity contribution in [3.63, 3.8) is 0 Å². The Kier molecular flexibility index (Phi) is 3.97. The van der Waals surface area contributed by atoms with Crippen molar-refractivity contribution >= 4 is 5.82 Å². The number of nitrogens with one attached hydrogen (secondary N) is 1. The van der Waals surface area contributed by atoms with E-state index in [9.17, 15) is 0 Å². The zero-order valence-electron chi connectivity index (χ0n) is 11.3. The molecule has 0 unspecified atom stereocenters. The number of pyridine rings is 1. The van der Waals surface area contributed by atoms with Crippen molar-refractivity contribution in [1.82, 2.24) is 14.8 Å². The fourth-order valence-corrected chi connectivity index (χ4v) is 1.91. The predicted molar refractivity (Wildman–Crippen MR) is 73.8 cm³/mol. The lowest BCUT2D eigenvalue weighted by atomic mass is 10.3. The minimum absolute atomic E-state index is 0.724. The molecule has 0 amide bonds. The van der Waals surface area contributed by atoms with Gasteiger partial charge in [-0.2, -0.15) is 5.10 Å². The maximum absolute atomic E-state index is 4.58. The summed E-state index contributed by atoms with van der Waals surface area (Å²) in [4.78, 5) is 4.58. The fraction of sp³-hybridized carbons (Fsp3) is 0.429. The minimum Gasteiger partial charge on any atom is -0.370 e. The number of aromatic nitrogens is 3. The maximum atomic E-state index is 4.58. The molecule has 0 spiro atoms. The Morgan fingerprint density at radius 3 is 2.78 bits per heavy atom. The Labute approximate surface area is 108 Å². The van der Waals surface area contributed by atoms with E-state index >= 15 is 0 Å². The average molecular weight is 244 g/mol. The maximum Gasteiger partial charge on any atom is 0.126 e. The van der Waals surface area contributed by atoms with Gasteiger partial charge < -0.3 is 5.32 Å². The van der Waals surface area contributed by atoms with E-state index in [-0.39, 0.29) is 0 Å². The number of anilines is 1. The molecule has 0 saturated carbocycles. The molecule has 0 fully saturated rings. The largest absolute Gasteiger partial charge is 0.370 e. The van der Waals surface area contributed by atoms with Gasteiger partial charge in [0.1, 0.15) is 5.82 Å². The van der Waals surface area contributed by atoms with Crippen molar-refractivity contribution in [1.29, 1.82) is 0 Å². The lowest BCUT2D eigenvalue weighted by Gasteiger charge is -2.07. The van der Waals surface area contributed by atoms with Crippen LogP contribution < -0.4 is 5.32 Å². The minimum atomic E-state index is 0.724. The molecule has 0 aliphatic rings. The van der Waals surface area contributed by atoms with Crippen LogP contribution in [0, 0.1) is 13.8 Å². The Hall–Kier alpha value is -1.84. The van der Waals surface area contributed by atoms with Crippen LogP contribution in [0.3, 0.4) is 0 Å². The van der Waals surface area contributed by atoms with E-state index in [4.69, 9.17) is 0 Å². The third-order valence-electron chi connectivity index (χ3n) is 2.78. The molecule has 2 heterocycles. The molecular weight excluding hydrogens is 224 g/mol. The molecule has 96 valence electrons. The van der Waals surface area contributed by atoms with Gasteiger partial charge >= 0.3 is 0 Å². The molecule has 1 N–H and O–H groups in total. The summed E-state index contributed by atoms with van der Waals surface area (Å²) in [6, 6.07) is 8.15. The molecule has 0 saturated heterocycles.